The zero-order valence-corrected chi connectivity index (χ0v) is 15.4. The number of H-pyrrole nitrogens is 1. The summed E-state index contributed by atoms with van der Waals surface area (Å²) >= 11 is 6.05. The van der Waals surface area contributed by atoms with E-state index in [4.69, 9.17) is 16.3 Å². The third kappa shape index (κ3) is 2.82. The first kappa shape index (κ1) is 17.2. The number of rotatable bonds is 3. The molecule has 3 aromatic rings. The van der Waals surface area contributed by atoms with Gasteiger partial charge in [-0.3, -0.25) is 4.90 Å². The number of aromatic nitrogens is 4. The first-order valence-corrected chi connectivity index (χ1v) is 9.33. The maximum atomic E-state index is 14.4. The Morgan fingerprint density at radius 3 is 3.14 bits per heavy atom. The lowest BCUT2D eigenvalue weighted by Gasteiger charge is -2.34. The predicted molar refractivity (Wildman–Crippen MR) is 101 cm³/mol. The lowest BCUT2D eigenvalue weighted by Crippen LogP contribution is -2.50. The van der Waals surface area contributed by atoms with Gasteiger partial charge in [0.05, 0.1) is 23.3 Å². The van der Waals surface area contributed by atoms with Crippen LogP contribution in [0.3, 0.4) is 0 Å². The summed E-state index contributed by atoms with van der Waals surface area (Å²) in [6, 6.07) is 1.49. The fourth-order valence-electron chi connectivity index (χ4n) is 3.83. The van der Waals surface area contributed by atoms with Gasteiger partial charge < -0.3 is 15.0 Å². The molecule has 1 unspecified atom stereocenters. The number of amides is 1. The smallest absolute Gasteiger partial charge is 0.410 e. The van der Waals surface area contributed by atoms with Crippen molar-refractivity contribution in [2.24, 2.45) is 0 Å². The number of fused-ring (bicyclic) bond motifs is 2. The van der Waals surface area contributed by atoms with Crippen molar-refractivity contribution in [1.82, 2.24) is 24.8 Å². The van der Waals surface area contributed by atoms with Gasteiger partial charge in [-0.15, -0.1) is 0 Å². The number of ether oxygens (including phenoxy) is 1. The zero-order valence-electron chi connectivity index (χ0n) is 14.7. The Balaban J connectivity index is 1.48. The first-order chi connectivity index (χ1) is 13.6. The highest BCUT2D eigenvalue weighted by molar-refractivity contribution is 6.31. The van der Waals surface area contributed by atoms with E-state index in [1.165, 1.54) is 0 Å². The molecule has 8 nitrogen and oxygen atoms in total. The molecule has 2 atom stereocenters. The van der Waals surface area contributed by atoms with Crippen molar-refractivity contribution < 1.29 is 13.9 Å². The van der Waals surface area contributed by atoms with E-state index in [9.17, 15) is 9.18 Å². The molecule has 0 radical (unpaired) electrons. The van der Waals surface area contributed by atoms with Crippen molar-refractivity contribution >= 4 is 34.5 Å². The van der Waals surface area contributed by atoms with Gasteiger partial charge in [-0.2, -0.15) is 0 Å². The molecular formula is C18H16ClFN6O2. The Bertz CT molecular complexity index is 1070. The molecular weight excluding hydrogens is 387 g/mol. The molecule has 3 aromatic heterocycles. The average molecular weight is 403 g/mol. The van der Waals surface area contributed by atoms with Gasteiger partial charge in [0.2, 0.25) is 0 Å². The molecule has 5 rings (SSSR count). The van der Waals surface area contributed by atoms with Crippen LogP contribution < -0.4 is 5.32 Å². The van der Waals surface area contributed by atoms with Crippen LogP contribution >= 0.6 is 11.6 Å². The first-order valence-electron chi connectivity index (χ1n) is 8.95. The Kier molecular flexibility index (Phi) is 4.04. The van der Waals surface area contributed by atoms with Crippen molar-refractivity contribution in [3.05, 3.63) is 35.5 Å². The molecule has 0 saturated carbocycles. The Morgan fingerprint density at radius 1 is 1.36 bits per heavy atom. The van der Waals surface area contributed by atoms with E-state index in [2.05, 4.69) is 25.3 Å². The fraction of sp³-hybridized carbons (Fsp3) is 0.333. The average Bonchev–Trinajstić information content (AvgIpc) is 3.28. The second-order valence-corrected chi connectivity index (χ2v) is 7.31. The lowest BCUT2D eigenvalue weighted by atomic mass is 9.98. The minimum Gasteiger partial charge on any atom is -0.447 e. The number of pyridine rings is 1. The molecule has 2 aliphatic heterocycles. The van der Waals surface area contributed by atoms with Gasteiger partial charge in [0.1, 0.15) is 12.3 Å². The number of halogens is 2. The Labute approximate surface area is 164 Å². The number of hydrogen-bond donors (Lipinski definition) is 2. The van der Waals surface area contributed by atoms with E-state index in [1.54, 1.807) is 23.4 Å². The van der Waals surface area contributed by atoms with Gasteiger partial charge in [-0.1, -0.05) is 11.6 Å². The SMILES string of the molecule is O=C1OCC2[C@H](Nc3nc(-c4c[nH]c5ncc(Cl)cc45)ncc3F)CCCN12. The minimum absolute atomic E-state index is 0.0977. The topological polar surface area (TPSA) is 96.0 Å². The van der Waals surface area contributed by atoms with Crippen molar-refractivity contribution in [3.8, 4) is 11.4 Å². The highest BCUT2D eigenvalue weighted by Crippen LogP contribution is 2.30. The number of nitrogens with zero attached hydrogens (tertiary/aromatic N) is 4. The highest BCUT2D eigenvalue weighted by atomic mass is 35.5. The lowest BCUT2D eigenvalue weighted by molar-refractivity contribution is 0.153. The molecule has 0 spiro atoms. The molecule has 28 heavy (non-hydrogen) atoms. The molecule has 2 N–H and O–H groups in total. The van der Waals surface area contributed by atoms with Crippen LogP contribution in [0, 0.1) is 5.82 Å². The summed E-state index contributed by atoms with van der Waals surface area (Å²) in [4.78, 5) is 29.3. The van der Waals surface area contributed by atoms with Crippen LogP contribution in [0.4, 0.5) is 15.0 Å². The summed E-state index contributed by atoms with van der Waals surface area (Å²) in [5, 5.41) is 4.39. The predicted octanol–water partition coefficient (Wildman–Crippen LogP) is 3.21. The normalized spacial score (nSPS) is 21.6. The van der Waals surface area contributed by atoms with Crippen LogP contribution in [-0.2, 0) is 4.74 Å². The third-order valence-corrected chi connectivity index (χ3v) is 5.40. The minimum atomic E-state index is -0.554. The number of anilines is 1. The fourth-order valence-corrected chi connectivity index (χ4v) is 3.99. The molecule has 2 aliphatic rings. The van der Waals surface area contributed by atoms with E-state index in [1.807, 2.05) is 0 Å². The van der Waals surface area contributed by atoms with E-state index >= 15 is 0 Å². The standard InChI is InChI=1S/C18H16ClFN6O2/c19-9-4-10-11(6-22-15(10)21-5-9)16-23-7-12(20)17(25-16)24-13-2-1-3-26-14(13)8-28-18(26)27/h4-7,13-14H,1-3,8H2,(H,21,22)(H,23,24,25)/t13-,14?/m1/s1. The number of nitrogens with one attached hydrogen (secondary N) is 2. The number of piperidine rings is 1. The monoisotopic (exact) mass is 402 g/mol. The maximum Gasteiger partial charge on any atom is 0.410 e. The molecule has 0 bridgehead atoms. The second-order valence-electron chi connectivity index (χ2n) is 6.87. The van der Waals surface area contributed by atoms with Crippen LogP contribution in [0.15, 0.2) is 24.7 Å². The van der Waals surface area contributed by atoms with E-state index in [-0.39, 0.29) is 24.0 Å². The van der Waals surface area contributed by atoms with Crippen molar-refractivity contribution in [2.45, 2.75) is 24.9 Å². The molecule has 2 saturated heterocycles. The van der Waals surface area contributed by atoms with Gasteiger partial charge in [0.25, 0.3) is 0 Å². The summed E-state index contributed by atoms with van der Waals surface area (Å²) in [5.41, 5.74) is 1.32. The maximum absolute atomic E-state index is 14.4. The van der Waals surface area contributed by atoms with E-state index in [0.29, 0.717) is 35.2 Å². The van der Waals surface area contributed by atoms with Crippen molar-refractivity contribution in [1.29, 1.82) is 0 Å². The van der Waals surface area contributed by atoms with Gasteiger partial charge in [-0.05, 0) is 18.9 Å². The largest absolute Gasteiger partial charge is 0.447 e. The Morgan fingerprint density at radius 2 is 2.25 bits per heavy atom. The second kappa shape index (κ2) is 6.59. The van der Waals surface area contributed by atoms with Crippen LogP contribution in [0.25, 0.3) is 22.4 Å². The summed E-state index contributed by atoms with van der Waals surface area (Å²) in [6.07, 6.45) is 5.69. The Hall–Kier alpha value is -2.94. The number of hydrogen-bond acceptors (Lipinski definition) is 6. The zero-order chi connectivity index (χ0) is 19.3. The van der Waals surface area contributed by atoms with Crippen LogP contribution in [0.5, 0.6) is 0 Å². The number of carbonyl (C=O) groups excluding carboxylic acids is 1. The molecule has 10 heteroatoms. The van der Waals surface area contributed by atoms with Crippen LogP contribution in [0.2, 0.25) is 5.02 Å². The number of cyclic esters (lactones) is 1. The summed E-state index contributed by atoms with van der Waals surface area (Å²) in [5.74, 6) is -0.103. The molecule has 0 aromatic carbocycles. The molecule has 144 valence electrons. The molecule has 2 fully saturated rings. The molecule has 5 heterocycles. The van der Waals surface area contributed by atoms with Crippen molar-refractivity contribution in [2.75, 3.05) is 18.5 Å². The third-order valence-electron chi connectivity index (χ3n) is 5.20. The summed E-state index contributed by atoms with van der Waals surface area (Å²) in [7, 11) is 0. The summed E-state index contributed by atoms with van der Waals surface area (Å²) in [6.45, 7) is 0.949. The molecule has 1 amide bonds. The van der Waals surface area contributed by atoms with Gasteiger partial charge in [-0.25, -0.2) is 24.1 Å². The van der Waals surface area contributed by atoms with Gasteiger partial charge in [0, 0.05) is 29.9 Å². The summed E-state index contributed by atoms with van der Waals surface area (Å²) < 4.78 is 19.6. The van der Waals surface area contributed by atoms with E-state index in [0.717, 1.165) is 24.4 Å². The van der Waals surface area contributed by atoms with Gasteiger partial charge in [0.15, 0.2) is 17.5 Å². The number of aromatic amines is 1. The van der Waals surface area contributed by atoms with Crippen LogP contribution in [-0.4, -0.2) is 56.2 Å². The quantitative estimate of drug-likeness (QED) is 0.698. The van der Waals surface area contributed by atoms with Gasteiger partial charge >= 0.3 is 6.09 Å². The van der Waals surface area contributed by atoms with E-state index < -0.39 is 5.82 Å². The molecule has 0 aliphatic carbocycles. The van der Waals surface area contributed by atoms with Crippen molar-refractivity contribution in [3.63, 3.8) is 0 Å². The highest BCUT2D eigenvalue weighted by Gasteiger charge is 2.41. The van der Waals surface area contributed by atoms with Crippen LogP contribution in [0.1, 0.15) is 12.8 Å². The number of carbonyl (C=O) groups is 1.